The summed E-state index contributed by atoms with van der Waals surface area (Å²) in [6.45, 7) is 1.36. The molecule has 1 heterocycles. The summed E-state index contributed by atoms with van der Waals surface area (Å²) in [5.74, 6) is -1.83. The van der Waals surface area contributed by atoms with Crippen molar-refractivity contribution in [2.24, 2.45) is 5.92 Å². The molecular formula is C20H29N5O8S. The number of piperidine rings is 1. The molecule has 0 bridgehead atoms. The highest BCUT2D eigenvalue weighted by molar-refractivity contribution is 7.89. The number of nitrogens with zero attached hydrogens (tertiary/aromatic N) is 1. The first-order valence-electron chi connectivity index (χ1n) is 10.8. The van der Waals surface area contributed by atoms with E-state index in [2.05, 4.69) is 16.0 Å². The number of carboxylic acids is 1. The lowest BCUT2D eigenvalue weighted by atomic mass is 9.93. The second-order valence-corrected chi connectivity index (χ2v) is 9.56. The van der Waals surface area contributed by atoms with Crippen LogP contribution in [0.5, 0.6) is 0 Å². The van der Waals surface area contributed by atoms with Gasteiger partial charge in [0.25, 0.3) is 5.69 Å². The molecule has 34 heavy (non-hydrogen) atoms. The molecule has 1 fully saturated rings. The number of nitro benzene ring substituents is 1. The maximum atomic E-state index is 12.5. The maximum Gasteiger partial charge on any atom is 0.323 e. The smallest absolute Gasteiger partial charge is 0.323 e. The molecule has 1 saturated heterocycles. The van der Waals surface area contributed by atoms with Crippen molar-refractivity contribution in [3.05, 3.63) is 34.4 Å². The van der Waals surface area contributed by atoms with E-state index < -0.39 is 50.0 Å². The first kappa shape index (κ1) is 27.1. The summed E-state index contributed by atoms with van der Waals surface area (Å²) < 4.78 is 26.9. The van der Waals surface area contributed by atoms with E-state index in [4.69, 9.17) is 0 Å². The second kappa shape index (κ2) is 13.0. The molecule has 0 saturated carbocycles. The average Bonchev–Trinajstić information content (AvgIpc) is 2.81. The Morgan fingerprint density at radius 2 is 1.76 bits per heavy atom. The number of hydrogen-bond donors (Lipinski definition) is 5. The van der Waals surface area contributed by atoms with Gasteiger partial charge in [0.05, 0.1) is 4.92 Å². The molecule has 188 valence electrons. The number of nitrogens with one attached hydrogen (secondary N) is 4. The van der Waals surface area contributed by atoms with Gasteiger partial charge in [0.2, 0.25) is 21.8 Å². The Morgan fingerprint density at radius 1 is 1.12 bits per heavy atom. The van der Waals surface area contributed by atoms with Gasteiger partial charge in [0, 0.05) is 32.0 Å². The highest BCUT2D eigenvalue weighted by atomic mass is 32.2. The van der Waals surface area contributed by atoms with Crippen molar-refractivity contribution in [3.63, 3.8) is 0 Å². The third-order valence-corrected chi connectivity index (χ3v) is 6.88. The summed E-state index contributed by atoms with van der Waals surface area (Å²) in [5, 5.41) is 28.6. The Kier molecular flexibility index (Phi) is 10.3. The number of hydrogen-bond acceptors (Lipinski definition) is 8. The summed E-state index contributed by atoms with van der Waals surface area (Å²) in [6.07, 6.45) is 3.08. The largest absolute Gasteiger partial charge is 0.480 e. The van der Waals surface area contributed by atoms with Crippen LogP contribution in [0.4, 0.5) is 5.69 Å². The van der Waals surface area contributed by atoms with Crippen molar-refractivity contribution >= 4 is 33.5 Å². The van der Waals surface area contributed by atoms with E-state index in [1.54, 1.807) is 0 Å². The van der Waals surface area contributed by atoms with Gasteiger partial charge < -0.3 is 21.1 Å². The normalized spacial score (nSPS) is 15.3. The Hall–Kier alpha value is -3.10. The highest BCUT2D eigenvalue weighted by Crippen LogP contribution is 2.23. The summed E-state index contributed by atoms with van der Waals surface area (Å²) >= 11 is 0. The van der Waals surface area contributed by atoms with Crippen LogP contribution in [0.15, 0.2) is 29.2 Å². The van der Waals surface area contributed by atoms with Gasteiger partial charge in [-0.15, -0.1) is 0 Å². The van der Waals surface area contributed by atoms with Gasteiger partial charge in [-0.1, -0.05) is 12.1 Å². The molecule has 1 aromatic rings. The van der Waals surface area contributed by atoms with Gasteiger partial charge in [0.15, 0.2) is 4.90 Å². The maximum absolute atomic E-state index is 12.5. The van der Waals surface area contributed by atoms with E-state index in [9.17, 15) is 38.0 Å². The van der Waals surface area contributed by atoms with E-state index in [1.807, 2.05) is 4.72 Å². The third kappa shape index (κ3) is 8.68. The lowest BCUT2D eigenvalue weighted by Gasteiger charge is -2.22. The standard InChI is InChI=1S/C20H29N5O8S/c26-18(6-5-14-7-10-21-11-8-14)22-12-9-19(27)23-13-15(20(28)29)24-34(32,33)17-4-2-1-3-16(17)25(30)31/h1-4,14-15,21,24H,5-13H2,(H,22,26)(H,23,27)(H,28,29)/t15-/m0/s1. The first-order valence-corrected chi connectivity index (χ1v) is 12.3. The minimum atomic E-state index is -4.56. The van der Waals surface area contributed by atoms with Crippen LogP contribution in [0.2, 0.25) is 0 Å². The van der Waals surface area contributed by atoms with Crippen LogP contribution >= 0.6 is 0 Å². The zero-order chi connectivity index (χ0) is 25.1. The molecule has 0 unspecified atom stereocenters. The van der Waals surface area contributed by atoms with Gasteiger partial charge in [0.1, 0.15) is 6.04 Å². The van der Waals surface area contributed by atoms with E-state index in [1.165, 1.54) is 12.1 Å². The van der Waals surface area contributed by atoms with Crippen molar-refractivity contribution in [2.45, 2.75) is 43.0 Å². The fourth-order valence-electron chi connectivity index (χ4n) is 3.48. The number of carbonyl (C=O) groups excluding carboxylic acids is 2. The Morgan fingerprint density at radius 3 is 2.41 bits per heavy atom. The van der Waals surface area contributed by atoms with Crippen molar-refractivity contribution in [3.8, 4) is 0 Å². The minimum Gasteiger partial charge on any atom is -0.480 e. The van der Waals surface area contributed by atoms with E-state index >= 15 is 0 Å². The molecule has 0 aliphatic carbocycles. The molecule has 13 nitrogen and oxygen atoms in total. The van der Waals surface area contributed by atoms with Crippen LogP contribution in [-0.2, 0) is 24.4 Å². The van der Waals surface area contributed by atoms with Crippen molar-refractivity contribution < 1.29 is 32.8 Å². The minimum absolute atomic E-state index is 0.0521. The van der Waals surface area contributed by atoms with Crippen molar-refractivity contribution in [2.75, 3.05) is 26.2 Å². The SMILES string of the molecule is O=C(CCC1CCNCC1)NCCC(=O)NC[C@H](NS(=O)(=O)c1ccccc1[N+](=O)[O-])C(=O)O. The molecule has 0 radical (unpaired) electrons. The Bertz CT molecular complexity index is 994. The van der Waals surface area contributed by atoms with Crippen molar-refractivity contribution in [1.29, 1.82) is 0 Å². The number of rotatable bonds is 13. The molecule has 1 aromatic carbocycles. The molecule has 1 aliphatic heterocycles. The zero-order valence-electron chi connectivity index (χ0n) is 18.5. The van der Waals surface area contributed by atoms with Crippen molar-refractivity contribution in [1.82, 2.24) is 20.7 Å². The summed E-state index contributed by atoms with van der Waals surface area (Å²) in [5.41, 5.74) is -0.709. The van der Waals surface area contributed by atoms with Gasteiger partial charge >= 0.3 is 5.97 Å². The summed E-state index contributed by atoms with van der Waals surface area (Å²) in [6, 6.07) is 2.74. The van der Waals surface area contributed by atoms with E-state index in [-0.39, 0.29) is 18.9 Å². The molecule has 5 N–H and O–H groups in total. The predicted octanol–water partition coefficient (Wildman–Crippen LogP) is -0.271. The molecule has 0 aromatic heterocycles. The van der Waals surface area contributed by atoms with Gasteiger partial charge in [-0.05, 0) is 44.3 Å². The Labute approximate surface area is 196 Å². The van der Waals surface area contributed by atoms with Crippen LogP contribution < -0.4 is 20.7 Å². The molecular weight excluding hydrogens is 470 g/mol. The van der Waals surface area contributed by atoms with Gasteiger partial charge in [-0.25, -0.2) is 8.42 Å². The zero-order valence-corrected chi connectivity index (χ0v) is 19.3. The number of nitro groups is 1. The number of carboxylic acid groups (broad SMARTS) is 1. The van der Waals surface area contributed by atoms with Crippen LogP contribution in [0.1, 0.15) is 32.1 Å². The Balaban J connectivity index is 1.79. The number of aliphatic carboxylic acids is 1. The monoisotopic (exact) mass is 499 g/mol. The summed E-state index contributed by atoms with van der Waals surface area (Å²) in [7, 11) is -4.56. The number of amides is 2. The van der Waals surface area contributed by atoms with Gasteiger partial charge in [-0.2, -0.15) is 4.72 Å². The quantitative estimate of drug-likeness (QED) is 0.179. The highest BCUT2D eigenvalue weighted by Gasteiger charge is 2.30. The topological polar surface area (TPSA) is 197 Å². The van der Waals surface area contributed by atoms with Gasteiger partial charge in [-0.3, -0.25) is 24.5 Å². The molecule has 2 amide bonds. The molecule has 0 spiro atoms. The van der Waals surface area contributed by atoms with Crippen LogP contribution in [0, 0.1) is 16.0 Å². The number of sulfonamides is 1. The predicted molar refractivity (Wildman–Crippen MR) is 120 cm³/mol. The number of para-hydroxylation sites is 1. The number of carbonyl (C=O) groups is 3. The van der Waals surface area contributed by atoms with Crippen LogP contribution in [0.25, 0.3) is 0 Å². The van der Waals surface area contributed by atoms with Crippen LogP contribution in [0.3, 0.4) is 0 Å². The number of benzene rings is 1. The average molecular weight is 500 g/mol. The fourth-order valence-corrected chi connectivity index (χ4v) is 4.84. The second-order valence-electron chi connectivity index (χ2n) is 7.87. The summed E-state index contributed by atoms with van der Waals surface area (Å²) in [4.78, 5) is 44.9. The molecule has 2 rings (SSSR count). The van der Waals surface area contributed by atoms with E-state index in [0.717, 1.165) is 44.5 Å². The molecule has 1 atom stereocenters. The first-order chi connectivity index (χ1) is 16.1. The molecule has 14 heteroatoms. The lowest BCUT2D eigenvalue weighted by molar-refractivity contribution is -0.387. The third-order valence-electron chi connectivity index (χ3n) is 5.36. The fraction of sp³-hybridized carbons (Fsp3) is 0.550. The lowest BCUT2D eigenvalue weighted by Crippen LogP contribution is -2.48. The van der Waals surface area contributed by atoms with E-state index in [0.29, 0.717) is 12.3 Å². The van der Waals surface area contributed by atoms with Crippen LogP contribution in [-0.4, -0.2) is 68.5 Å². The molecule has 1 aliphatic rings.